The van der Waals surface area contributed by atoms with E-state index in [0.717, 1.165) is 18.1 Å². The van der Waals surface area contributed by atoms with E-state index in [1.807, 2.05) is 0 Å². The monoisotopic (exact) mass is 176 g/mol. The van der Waals surface area contributed by atoms with Crippen LogP contribution in [0.2, 0.25) is 0 Å². The lowest BCUT2D eigenvalue weighted by atomic mass is 10.3. The van der Waals surface area contributed by atoms with Crippen LogP contribution < -0.4 is 0 Å². The van der Waals surface area contributed by atoms with E-state index in [2.05, 4.69) is 23.0 Å². The van der Waals surface area contributed by atoms with Gasteiger partial charge >= 0.3 is 0 Å². The molecule has 3 nitrogen and oxygen atoms in total. The molecule has 1 fully saturated rings. The number of terminal acetylenes is 1. The maximum Gasteiger partial charge on any atom is 0.230 e. The summed E-state index contributed by atoms with van der Waals surface area (Å²) in [7, 11) is 0. The van der Waals surface area contributed by atoms with Crippen molar-refractivity contribution in [2.75, 3.05) is 0 Å². The maximum absolute atomic E-state index is 5.14. The lowest BCUT2D eigenvalue weighted by Crippen LogP contribution is -1.87. The fourth-order valence-electron chi connectivity index (χ4n) is 1.37. The highest BCUT2D eigenvalue weighted by Crippen LogP contribution is 2.45. The predicted octanol–water partition coefficient (Wildman–Crippen LogP) is 1.76. The van der Waals surface area contributed by atoms with Gasteiger partial charge in [-0.1, -0.05) is 12.1 Å². The SMILES string of the molecule is C#CCCc1noc([C@H]2C[C@@H]2C)n1. The second kappa shape index (κ2) is 3.21. The van der Waals surface area contributed by atoms with Gasteiger partial charge in [-0.2, -0.15) is 4.98 Å². The summed E-state index contributed by atoms with van der Waals surface area (Å²) in [6, 6.07) is 0. The second-order valence-corrected chi connectivity index (χ2v) is 3.57. The van der Waals surface area contributed by atoms with Crippen molar-refractivity contribution in [3.8, 4) is 12.3 Å². The van der Waals surface area contributed by atoms with Crippen LogP contribution in [0.1, 0.15) is 37.4 Å². The third-order valence-corrected chi connectivity index (χ3v) is 2.40. The molecule has 2 rings (SSSR count). The molecule has 0 spiro atoms. The van der Waals surface area contributed by atoms with Crippen LogP contribution in [0.15, 0.2) is 4.52 Å². The number of hydrogen-bond acceptors (Lipinski definition) is 3. The normalized spacial score (nSPS) is 25.5. The molecule has 13 heavy (non-hydrogen) atoms. The van der Waals surface area contributed by atoms with Gasteiger partial charge in [0.2, 0.25) is 5.89 Å². The second-order valence-electron chi connectivity index (χ2n) is 3.57. The van der Waals surface area contributed by atoms with Crippen LogP contribution in [0.4, 0.5) is 0 Å². The smallest absolute Gasteiger partial charge is 0.230 e. The first-order valence-electron chi connectivity index (χ1n) is 4.57. The van der Waals surface area contributed by atoms with Gasteiger partial charge in [-0.3, -0.25) is 0 Å². The van der Waals surface area contributed by atoms with Crippen LogP contribution in [-0.2, 0) is 6.42 Å². The van der Waals surface area contributed by atoms with Gasteiger partial charge in [-0.05, 0) is 12.3 Å². The minimum Gasteiger partial charge on any atom is -0.339 e. The zero-order chi connectivity index (χ0) is 9.26. The number of nitrogens with zero attached hydrogens (tertiary/aromatic N) is 2. The molecule has 1 heterocycles. The molecule has 0 N–H and O–H groups in total. The summed E-state index contributed by atoms with van der Waals surface area (Å²) >= 11 is 0. The third kappa shape index (κ3) is 1.72. The summed E-state index contributed by atoms with van der Waals surface area (Å²) < 4.78 is 5.13. The molecular weight excluding hydrogens is 164 g/mol. The summed E-state index contributed by atoms with van der Waals surface area (Å²) in [6.07, 6.45) is 7.72. The Kier molecular flexibility index (Phi) is 2.05. The standard InChI is InChI=1S/C10H12N2O/c1-3-4-5-9-11-10(13-12-9)8-6-7(8)2/h1,7-8H,4-6H2,2H3/t7-,8-/m0/s1. The molecule has 0 bridgehead atoms. The molecule has 2 atom stereocenters. The van der Waals surface area contributed by atoms with Crippen LogP contribution in [0.3, 0.4) is 0 Å². The molecule has 3 heteroatoms. The van der Waals surface area contributed by atoms with Crippen LogP contribution in [0, 0.1) is 18.3 Å². The van der Waals surface area contributed by atoms with Crippen LogP contribution >= 0.6 is 0 Å². The Balaban J connectivity index is 1.98. The molecule has 1 aliphatic rings. The summed E-state index contributed by atoms with van der Waals surface area (Å²) in [5, 5.41) is 3.87. The van der Waals surface area contributed by atoms with Gasteiger partial charge in [0, 0.05) is 18.8 Å². The summed E-state index contributed by atoms with van der Waals surface area (Å²) in [5.74, 6) is 5.31. The molecule has 0 saturated heterocycles. The topological polar surface area (TPSA) is 38.9 Å². The van der Waals surface area contributed by atoms with Gasteiger partial charge in [0.05, 0.1) is 0 Å². The Morgan fingerprint density at radius 2 is 2.46 bits per heavy atom. The lowest BCUT2D eigenvalue weighted by molar-refractivity contribution is 0.371. The molecule has 0 aliphatic heterocycles. The number of aromatic nitrogens is 2. The largest absolute Gasteiger partial charge is 0.339 e. The molecule has 0 aromatic carbocycles. The van der Waals surface area contributed by atoms with Crippen molar-refractivity contribution < 1.29 is 4.52 Å². The van der Waals surface area contributed by atoms with E-state index in [1.165, 1.54) is 6.42 Å². The van der Waals surface area contributed by atoms with Crippen molar-refractivity contribution in [1.29, 1.82) is 0 Å². The molecule has 1 aromatic heterocycles. The molecule has 1 saturated carbocycles. The van der Waals surface area contributed by atoms with Gasteiger partial charge in [-0.15, -0.1) is 12.3 Å². The van der Waals surface area contributed by atoms with Gasteiger partial charge in [0.1, 0.15) is 0 Å². The van der Waals surface area contributed by atoms with Gasteiger partial charge in [0.15, 0.2) is 5.82 Å². The summed E-state index contributed by atoms with van der Waals surface area (Å²) in [6.45, 7) is 2.19. The molecule has 1 aliphatic carbocycles. The van der Waals surface area contributed by atoms with E-state index < -0.39 is 0 Å². The van der Waals surface area contributed by atoms with E-state index in [4.69, 9.17) is 10.9 Å². The van der Waals surface area contributed by atoms with Crippen molar-refractivity contribution in [1.82, 2.24) is 10.1 Å². The van der Waals surface area contributed by atoms with Crippen molar-refractivity contribution in [2.24, 2.45) is 5.92 Å². The molecule has 0 amide bonds. The number of rotatable bonds is 3. The highest BCUT2D eigenvalue weighted by molar-refractivity contribution is 5.06. The van der Waals surface area contributed by atoms with Gasteiger partial charge in [0.25, 0.3) is 0 Å². The first kappa shape index (κ1) is 8.31. The maximum atomic E-state index is 5.14. The number of hydrogen-bond donors (Lipinski definition) is 0. The Morgan fingerprint density at radius 1 is 1.69 bits per heavy atom. The first-order chi connectivity index (χ1) is 6.31. The molecule has 0 unspecified atom stereocenters. The average Bonchev–Trinajstić information content (AvgIpc) is 2.67. The van der Waals surface area contributed by atoms with Crippen LogP contribution in [-0.4, -0.2) is 10.1 Å². The quantitative estimate of drug-likeness (QED) is 0.659. The number of aryl methyl sites for hydroxylation is 1. The fourth-order valence-corrected chi connectivity index (χ4v) is 1.37. The van der Waals surface area contributed by atoms with E-state index in [1.54, 1.807) is 0 Å². The summed E-state index contributed by atoms with van der Waals surface area (Å²) in [5.41, 5.74) is 0. The van der Waals surface area contributed by atoms with Crippen LogP contribution in [0.5, 0.6) is 0 Å². The Bertz CT molecular complexity index is 337. The fraction of sp³-hybridized carbons (Fsp3) is 0.600. The zero-order valence-corrected chi connectivity index (χ0v) is 7.66. The highest BCUT2D eigenvalue weighted by atomic mass is 16.5. The van der Waals surface area contributed by atoms with Crippen LogP contribution in [0.25, 0.3) is 0 Å². The van der Waals surface area contributed by atoms with Crippen molar-refractivity contribution in [3.05, 3.63) is 11.7 Å². The van der Waals surface area contributed by atoms with Gasteiger partial charge < -0.3 is 4.52 Å². The van der Waals surface area contributed by atoms with E-state index in [-0.39, 0.29) is 0 Å². The lowest BCUT2D eigenvalue weighted by Gasteiger charge is -1.84. The molecule has 68 valence electrons. The minimum atomic E-state index is 0.507. The van der Waals surface area contributed by atoms with Crippen molar-refractivity contribution in [2.45, 2.75) is 32.1 Å². The van der Waals surface area contributed by atoms with E-state index >= 15 is 0 Å². The highest BCUT2D eigenvalue weighted by Gasteiger charge is 2.38. The predicted molar refractivity (Wildman–Crippen MR) is 48.0 cm³/mol. The average molecular weight is 176 g/mol. The third-order valence-electron chi connectivity index (χ3n) is 2.40. The minimum absolute atomic E-state index is 0.507. The molecule has 0 radical (unpaired) electrons. The Labute approximate surface area is 77.5 Å². The van der Waals surface area contributed by atoms with E-state index in [0.29, 0.717) is 18.3 Å². The van der Waals surface area contributed by atoms with E-state index in [9.17, 15) is 0 Å². The zero-order valence-electron chi connectivity index (χ0n) is 7.66. The molecular formula is C10H12N2O. The van der Waals surface area contributed by atoms with Crippen molar-refractivity contribution in [3.63, 3.8) is 0 Å². The summed E-state index contributed by atoms with van der Waals surface area (Å²) in [4.78, 5) is 4.29. The Hall–Kier alpha value is -1.30. The Morgan fingerprint density at radius 3 is 3.08 bits per heavy atom. The molecule has 1 aromatic rings. The van der Waals surface area contributed by atoms with Crippen molar-refractivity contribution >= 4 is 0 Å². The first-order valence-corrected chi connectivity index (χ1v) is 4.57. The van der Waals surface area contributed by atoms with Gasteiger partial charge in [-0.25, -0.2) is 0 Å².